The minimum Gasteiger partial charge on any atom is -0.482 e. The molecule has 1 aliphatic heterocycles. The van der Waals surface area contributed by atoms with Gasteiger partial charge in [0.2, 0.25) is 11.2 Å². The highest BCUT2D eigenvalue weighted by Gasteiger charge is 2.24. The molecule has 1 unspecified atom stereocenters. The number of ether oxygens (including phenoxy) is 1. The van der Waals surface area contributed by atoms with Gasteiger partial charge in [0.1, 0.15) is 12.2 Å². The van der Waals surface area contributed by atoms with Gasteiger partial charge in [0, 0.05) is 10.9 Å². The summed E-state index contributed by atoms with van der Waals surface area (Å²) in [5, 5.41) is 4.68. The van der Waals surface area contributed by atoms with Gasteiger partial charge in [0.25, 0.3) is 0 Å². The summed E-state index contributed by atoms with van der Waals surface area (Å²) in [6.07, 6.45) is 3.95. The molecule has 5 nitrogen and oxygen atoms in total. The van der Waals surface area contributed by atoms with Crippen molar-refractivity contribution in [3.8, 4) is 5.75 Å². The van der Waals surface area contributed by atoms with Crippen LogP contribution in [0.2, 0.25) is 0 Å². The molecule has 0 spiro atoms. The molecule has 1 aromatic heterocycles. The Bertz CT molecular complexity index is 1390. The number of rotatable bonds is 6. The van der Waals surface area contributed by atoms with Crippen molar-refractivity contribution in [1.29, 1.82) is 0 Å². The highest BCUT2D eigenvalue weighted by atomic mass is 79.9. The van der Waals surface area contributed by atoms with E-state index in [0.717, 1.165) is 21.3 Å². The number of hydrogen-bond donors (Lipinski definition) is 0. The molecule has 3 aromatic carbocycles. The predicted molar refractivity (Wildman–Crippen MR) is 134 cm³/mol. The fourth-order valence-corrected chi connectivity index (χ4v) is 3.90. The minimum absolute atomic E-state index is 0.168. The molecule has 0 fully saturated rings. The van der Waals surface area contributed by atoms with Crippen molar-refractivity contribution >= 4 is 44.8 Å². The Morgan fingerprint density at radius 3 is 2.55 bits per heavy atom. The van der Waals surface area contributed by atoms with Gasteiger partial charge in [-0.05, 0) is 41.5 Å². The fraction of sp³-hybridized carbons (Fsp3) is 0.111. The molecule has 0 aliphatic carbocycles. The highest BCUT2D eigenvalue weighted by molar-refractivity contribution is 9.10. The Balaban J connectivity index is 1.38. The molecule has 6 heteroatoms. The smallest absolute Gasteiger partial charge is 0.235 e. The van der Waals surface area contributed by atoms with Gasteiger partial charge in [0.15, 0.2) is 11.9 Å². The van der Waals surface area contributed by atoms with E-state index in [9.17, 15) is 4.79 Å². The van der Waals surface area contributed by atoms with E-state index in [4.69, 9.17) is 14.0 Å². The zero-order valence-corrected chi connectivity index (χ0v) is 19.2. The summed E-state index contributed by atoms with van der Waals surface area (Å²) < 4.78 is 13.0. The van der Waals surface area contributed by atoms with Crippen LogP contribution >= 0.6 is 15.9 Å². The number of para-hydroxylation sites is 1. The van der Waals surface area contributed by atoms with Crippen LogP contribution in [-0.2, 0) is 4.84 Å². The number of halogens is 1. The van der Waals surface area contributed by atoms with Crippen molar-refractivity contribution in [2.75, 3.05) is 6.61 Å². The summed E-state index contributed by atoms with van der Waals surface area (Å²) in [5.41, 5.74) is 3.14. The summed E-state index contributed by atoms with van der Waals surface area (Å²) in [6, 6.07) is 24.9. The van der Waals surface area contributed by atoms with E-state index in [1.165, 1.54) is 0 Å². The van der Waals surface area contributed by atoms with E-state index < -0.39 is 0 Å². The Kier molecular flexibility index (Phi) is 6.09. The van der Waals surface area contributed by atoms with Gasteiger partial charge in [-0.2, -0.15) is 0 Å². The first-order valence-electron chi connectivity index (χ1n) is 10.6. The fourth-order valence-electron chi connectivity index (χ4n) is 3.63. The average Bonchev–Trinajstić information content (AvgIpc) is 3.32. The lowest BCUT2D eigenvalue weighted by molar-refractivity contribution is 0.0462. The maximum absolute atomic E-state index is 13.2. The maximum Gasteiger partial charge on any atom is 0.235 e. The first-order valence-corrected chi connectivity index (χ1v) is 11.4. The number of nitrogens with zero attached hydrogens (tertiary/aromatic N) is 1. The quantitative estimate of drug-likeness (QED) is 0.311. The van der Waals surface area contributed by atoms with Crippen molar-refractivity contribution in [3.63, 3.8) is 0 Å². The first kappa shape index (κ1) is 21.2. The van der Waals surface area contributed by atoms with Crippen LogP contribution < -0.4 is 10.2 Å². The molecule has 1 atom stereocenters. The maximum atomic E-state index is 13.2. The van der Waals surface area contributed by atoms with Crippen LogP contribution in [0.3, 0.4) is 0 Å². The molecular formula is C27H20BrNO4. The van der Waals surface area contributed by atoms with Crippen molar-refractivity contribution < 1.29 is 14.0 Å². The molecule has 5 rings (SSSR count). The first-order chi connectivity index (χ1) is 16.2. The molecule has 0 saturated carbocycles. The second-order valence-corrected chi connectivity index (χ2v) is 8.57. The summed E-state index contributed by atoms with van der Waals surface area (Å²) >= 11 is 3.44. The van der Waals surface area contributed by atoms with Crippen LogP contribution in [0.25, 0.3) is 23.1 Å². The molecule has 1 aliphatic rings. The third kappa shape index (κ3) is 4.76. The van der Waals surface area contributed by atoms with Crippen LogP contribution in [0.15, 0.2) is 97.7 Å². The zero-order chi connectivity index (χ0) is 22.6. The van der Waals surface area contributed by atoms with E-state index >= 15 is 0 Å². The van der Waals surface area contributed by atoms with E-state index in [1.54, 1.807) is 24.3 Å². The molecule has 0 radical (unpaired) electrons. The van der Waals surface area contributed by atoms with Gasteiger partial charge in [-0.15, -0.1) is 0 Å². The average molecular weight is 502 g/mol. The molecule has 0 amide bonds. The van der Waals surface area contributed by atoms with E-state index in [0.29, 0.717) is 23.2 Å². The molecule has 0 saturated heterocycles. The predicted octanol–water partition coefficient (Wildman–Crippen LogP) is 6.30. The van der Waals surface area contributed by atoms with Crippen LogP contribution in [0.5, 0.6) is 5.75 Å². The standard InChI is InChI=1S/C27H20BrNO4/c28-20-13-11-19(12-14-20)23-16-21(33-29-23)17-31-27-25(15-10-18-6-2-1-3-7-18)32-24-9-5-4-8-22(24)26(27)30/h1-15,21H,16-17H2/b15-10+. The lowest BCUT2D eigenvalue weighted by Gasteiger charge is -2.12. The van der Waals surface area contributed by atoms with Crippen molar-refractivity contribution in [3.05, 3.63) is 110 Å². The van der Waals surface area contributed by atoms with E-state index in [2.05, 4.69) is 21.1 Å². The van der Waals surface area contributed by atoms with Crippen LogP contribution in [0.4, 0.5) is 0 Å². The second kappa shape index (κ2) is 9.46. The number of oxime groups is 1. The van der Waals surface area contributed by atoms with Gasteiger partial charge < -0.3 is 14.0 Å². The van der Waals surface area contributed by atoms with Gasteiger partial charge in [-0.3, -0.25) is 4.79 Å². The van der Waals surface area contributed by atoms with Crippen molar-refractivity contribution in [1.82, 2.24) is 0 Å². The molecule has 0 bridgehead atoms. The summed E-state index contributed by atoms with van der Waals surface area (Å²) in [6.45, 7) is 0.179. The number of fused-ring (bicyclic) bond motifs is 1. The summed E-state index contributed by atoms with van der Waals surface area (Å²) in [7, 11) is 0. The summed E-state index contributed by atoms with van der Waals surface area (Å²) in [4.78, 5) is 18.8. The lowest BCUT2D eigenvalue weighted by atomic mass is 10.1. The third-order valence-corrected chi connectivity index (χ3v) is 5.86. The lowest BCUT2D eigenvalue weighted by Crippen LogP contribution is -2.21. The third-order valence-electron chi connectivity index (χ3n) is 5.33. The molecular weight excluding hydrogens is 482 g/mol. The topological polar surface area (TPSA) is 61.0 Å². The molecule has 0 N–H and O–H groups in total. The number of hydrogen-bond acceptors (Lipinski definition) is 5. The highest BCUT2D eigenvalue weighted by Crippen LogP contribution is 2.25. The molecule has 33 heavy (non-hydrogen) atoms. The Hall–Kier alpha value is -3.64. The van der Waals surface area contributed by atoms with Crippen LogP contribution in [0, 0.1) is 0 Å². The Morgan fingerprint density at radius 1 is 0.970 bits per heavy atom. The van der Waals surface area contributed by atoms with E-state index in [-0.39, 0.29) is 23.9 Å². The van der Waals surface area contributed by atoms with Crippen molar-refractivity contribution in [2.24, 2.45) is 5.16 Å². The monoisotopic (exact) mass is 501 g/mol. The van der Waals surface area contributed by atoms with Gasteiger partial charge >= 0.3 is 0 Å². The molecule has 2 heterocycles. The summed E-state index contributed by atoms with van der Waals surface area (Å²) in [5.74, 6) is 0.538. The largest absolute Gasteiger partial charge is 0.482 e. The normalized spacial score (nSPS) is 15.5. The van der Waals surface area contributed by atoms with Crippen LogP contribution in [-0.4, -0.2) is 18.4 Å². The second-order valence-electron chi connectivity index (χ2n) is 7.65. The van der Waals surface area contributed by atoms with E-state index in [1.807, 2.05) is 66.7 Å². The Morgan fingerprint density at radius 2 is 1.73 bits per heavy atom. The zero-order valence-electron chi connectivity index (χ0n) is 17.6. The number of benzene rings is 3. The SMILES string of the molecule is O=c1c(OCC2CC(c3ccc(Br)cc3)=NO2)c(/C=C/c2ccccc2)oc2ccccc12. The van der Waals surface area contributed by atoms with Crippen LogP contribution in [0.1, 0.15) is 23.3 Å². The molecule has 4 aromatic rings. The van der Waals surface area contributed by atoms with Gasteiger partial charge in [-0.1, -0.05) is 81.8 Å². The van der Waals surface area contributed by atoms with Gasteiger partial charge in [-0.25, -0.2) is 0 Å². The Labute approximate surface area is 199 Å². The van der Waals surface area contributed by atoms with Crippen molar-refractivity contribution in [2.45, 2.75) is 12.5 Å². The molecule has 164 valence electrons. The van der Waals surface area contributed by atoms with Gasteiger partial charge in [0.05, 0.1) is 11.1 Å². The minimum atomic E-state index is -0.291.